The zero-order valence-corrected chi connectivity index (χ0v) is 23.4. The molecule has 39 heavy (non-hydrogen) atoms. The Hall–Kier alpha value is -3.17. The van der Waals surface area contributed by atoms with Crippen LogP contribution in [-0.2, 0) is 20.8 Å². The number of nitrogens with zero attached hydrogens (tertiary/aromatic N) is 1. The van der Waals surface area contributed by atoms with Crippen molar-refractivity contribution in [1.29, 1.82) is 0 Å². The van der Waals surface area contributed by atoms with Crippen LogP contribution in [-0.4, -0.2) is 68.5 Å². The highest BCUT2D eigenvalue weighted by Gasteiger charge is 2.34. The molecule has 2 aromatic carbocycles. The molecule has 2 aromatic rings. The summed E-state index contributed by atoms with van der Waals surface area (Å²) in [6.45, 7) is 2.92. The van der Waals surface area contributed by atoms with Crippen LogP contribution in [0, 0.1) is 18.7 Å². The van der Waals surface area contributed by atoms with Gasteiger partial charge in [0.2, 0.25) is 17.7 Å². The van der Waals surface area contributed by atoms with Crippen molar-refractivity contribution in [3.05, 3.63) is 64.4 Å². The first-order valence-electron chi connectivity index (χ1n) is 13.4. The predicted molar refractivity (Wildman–Crippen MR) is 149 cm³/mol. The van der Waals surface area contributed by atoms with E-state index in [4.69, 9.17) is 16.3 Å². The van der Waals surface area contributed by atoms with Gasteiger partial charge in [0.1, 0.15) is 18.2 Å². The molecule has 1 aliphatic heterocycles. The number of aryl methyl sites for hydroxylation is 2. The molecule has 3 N–H and O–H groups in total. The summed E-state index contributed by atoms with van der Waals surface area (Å²) in [5, 5.41) is 9.37. The minimum atomic E-state index is -0.399. The van der Waals surface area contributed by atoms with Crippen molar-refractivity contribution in [2.75, 3.05) is 39.8 Å². The molecule has 1 atom stereocenters. The predicted octanol–water partition coefficient (Wildman–Crippen LogP) is 3.25. The van der Waals surface area contributed by atoms with Crippen molar-refractivity contribution in [3.63, 3.8) is 0 Å². The Kier molecular flexibility index (Phi) is 12.0. The fourth-order valence-corrected chi connectivity index (χ4v) is 4.47. The maximum absolute atomic E-state index is 13.7. The van der Waals surface area contributed by atoms with E-state index in [1.165, 1.54) is 22.6 Å². The van der Waals surface area contributed by atoms with Crippen LogP contribution in [0.4, 0.5) is 4.39 Å². The molecular formula is C29H38ClFN4O4. The van der Waals surface area contributed by atoms with Gasteiger partial charge in [-0.1, -0.05) is 41.8 Å². The summed E-state index contributed by atoms with van der Waals surface area (Å²) in [4.78, 5) is 38.4. The highest BCUT2D eigenvalue weighted by atomic mass is 35.5. The number of hydrogen-bond donors (Lipinski definition) is 3. The quantitative estimate of drug-likeness (QED) is 0.497. The number of carbonyl (C=O) groups excluding carboxylic acids is 3. The fraction of sp³-hybridized carbons (Fsp3) is 0.483. The molecule has 1 saturated carbocycles. The van der Waals surface area contributed by atoms with Crippen LogP contribution in [0.2, 0.25) is 5.02 Å². The van der Waals surface area contributed by atoms with E-state index in [1.807, 2.05) is 31.2 Å². The second kappa shape index (κ2) is 15.4. The van der Waals surface area contributed by atoms with Gasteiger partial charge in [-0.05, 0) is 62.3 Å². The van der Waals surface area contributed by atoms with Crippen LogP contribution < -0.4 is 20.7 Å². The third kappa shape index (κ3) is 10.1. The first-order chi connectivity index (χ1) is 18.7. The molecule has 8 nitrogen and oxygen atoms in total. The van der Waals surface area contributed by atoms with Crippen molar-refractivity contribution in [1.82, 2.24) is 20.9 Å². The SMILES string of the molecule is CN1CC(=O)NCC(=O)NCCCc2ccc(F)cc2OCCNC(C2CCC2)C1=O.Cc1ccc(Cl)cc1. The van der Waals surface area contributed by atoms with Crippen molar-refractivity contribution in [3.8, 4) is 5.75 Å². The van der Waals surface area contributed by atoms with Gasteiger partial charge in [-0.25, -0.2) is 4.39 Å². The Morgan fingerprint density at radius 2 is 1.72 bits per heavy atom. The van der Waals surface area contributed by atoms with Gasteiger partial charge < -0.3 is 25.6 Å². The van der Waals surface area contributed by atoms with E-state index >= 15 is 0 Å². The molecule has 10 heteroatoms. The minimum absolute atomic E-state index is 0.111. The van der Waals surface area contributed by atoms with E-state index in [1.54, 1.807) is 13.1 Å². The Bertz CT molecular complexity index is 1090. The topological polar surface area (TPSA) is 99.8 Å². The van der Waals surface area contributed by atoms with Gasteiger partial charge in [0, 0.05) is 31.2 Å². The summed E-state index contributed by atoms with van der Waals surface area (Å²) < 4.78 is 19.5. The molecule has 0 spiro atoms. The molecule has 1 aliphatic carbocycles. The summed E-state index contributed by atoms with van der Waals surface area (Å²) in [6, 6.07) is 11.8. The molecule has 0 bridgehead atoms. The number of hydrogen-bond acceptors (Lipinski definition) is 5. The Balaban J connectivity index is 0.000000449. The first-order valence-corrected chi connectivity index (χ1v) is 13.8. The number of likely N-dealkylation sites (N-methyl/N-ethyl adjacent to an activating group) is 1. The molecular weight excluding hydrogens is 523 g/mol. The molecule has 0 radical (unpaired) electrons. The number of halogens is 2. The maximum Gasteiger partial charge on any atom is 0.240 e. The third-order valence-corrected chi connectivity index (χ3v) is 7.05. The lowest BCUT2D eigenvalue weighted by molar-refractivity contribution is -0.138. The maximum atomic E-state index is 13.7. The van der Waals surface area contributed by atoms with E-state index in [2.05, 4.69) is 16.0 Å². The number of amides is 3. The first kappa shape index (κ1) is 30.4. The second-order valence-electron chi connectivity index (χ2n) is 9.94. The second-order valence-corrected chi connectivity index (χ2v) is 10.4. The van der Waals surface area contributed by atoms with Crippen molar-refractivity contribution >= 4 is 29.3 Å². The number of benzene rings is 2. The normalized spacial score (nSPS) is 20.1. The molecule has 1 heterocycles. The number of carbonyl (C=O) groups is 3. The molecule has 0 saturated heterocycles. The third-order valence-electron chi connectivity index (χ3n) is 6.80. The van der Waals surface area contributed by atoms with Crippen LogP contribution in [0.3, 0.4) is 0 Å². The fourth-order valence-electron chi connectivity index (χ4n) is 4.34. The molecule has 2 aliphatic rings. The van der Waals surface area contributed by atoms with Crippen LogP contribution in [0.25, 0.3) is 0 Å². The highest BCUT2D eigenvalue weighted by molar-refractivity contribution is 6.30. The number of nitrogens with one attached hydrogen (secondary N) is 3. The number of ether oxygens (including phenoxy) is 1. The largest absolute Gasteiger partial charge is 0.492 e. The van der Waals surface area contributed by atoms with Crippen molar-refractivity contribution in [2.45, 2.75) is 45.1 Å². The molecule has 1 unspecified atom stereocenters. The zero-order valence-electron chi connectivity index (χ0n) is 22.6. The van der Waals surface area contributed by atoms with Crippen molar-refractivity contribution in [2.24, 2.45) is 5.92 Å². The van der Waals surface area contributed by atoms with Crippen LogP contribution in [0.5, 0.6) is 5.75 Å². The molecule has 1 fully saturated rings. The lowest BCUT2D eigenvalue weighted by Gasteiger charge is -2.35. The number of fused-ring (bicyclic) bond motifs is 1. The van der Waals surface area contributed by atoms with E-state index in [9.17, 15) is 18.8 Å². The molecule has 212 valence electrons. The Labute approximate surface area is 234 Å². The average molecular weight is 561 g/mol. The molecule has 0 aromatic heterocycles. The van der Waals surface area contributed by atoms with Gasteiger partial charge in [-0.15, -0.1) is 0 Å². The van der Waals surface area contributed by atoms with Gasteiger partial charge >= 0.3 is 0 Å². The number of rotatable bonds is 1. The summed E-state index contributed by atoms with van der Waals surface area (Å²) in [5.74, 6) is -0.505. The average Bonchev–Trinajstić information content (AvgIpc) is 2.88. The Morgan fingerprint density at radius 1 is 0.974 bits per heavy atom. The minimum Gasteiger partial charge on any atom is -0.492 e. The van der Waals surface area contributed by atoms with Gasteiger partial charge in [-0.3, -0.25) is 14.4 Å². The summed E-state index contributed by atoms with van der Waals surface area (Å²) in [6.07, 6.45) is 4.26. The van der Waals surface area contributed by atoms with Crippen molar-refractivity contribution < 1.29 is 23.5 Å². The molecule has 4 rings (SSSR count). The monoisotopic (exact) mass is 560 g/mol. The van der Waals surface area contributed by atoms with Gasteiger partial charge in [0.15, 0.2) is 0 Å². The molecule has 3 amide bonds. The van der Waals surface area contributed by atoms with Crippen LogP contribution in [0.15, 0.2) is 42.5 Å². The lowest BCUT2D eigenvalue weighted by Crippen LogP contribution is -2.53. The lowest BCUT2D eigenvalue weighted by atomic mass is 9.79. The summed E-state index contributed by atoms with van der Waals surface area (Å²) in [7, 11) is 1.59. The van der Waals surface area contributed by atoms with E-state index in [0.717, 1.165) is 29.8 Å². The van der Waals surface area contributed by atoms with Crippen LogP contribution in [0.1, 0.15) is 36.8 Å². The Morgan fingerprint density at radius 3 is 2.38 bits per heavy atom. The van der Waals surface area contributed by atoms with E-state index in [-0.39, 0.29) is 49.2 Å². The smallest absolute Gasteiger partial charge is 0.240 e. The standard InChI is InChI=1S/C22H31FN4O4.C7H7Cl/c1-27-14-20(29)26-13-19(28)24-9-3-6-15-7-8-17(23)12-18(15)31-11-10-25-21(22(27)30)16-4-2-5-16;1-6-2-4-7(8)5-3-6/h7-8,12,16,21,25H,2-6,9-11,13-14H2,1H3,(H,24,28)(H,26,29);2-5H,1H3. The van der Waals surface area contributed by atoms with E-state index in [0.29, 0.717) is 31.7 Å². The summed E-state index contributed by atoms with van der Waals surface area (Å²) >= 11 is 5.61. The van der Waals surface area contributed by atoms with Gasteiger partial charge in [0.05, 0.1) is 19.1 Å². The van der Waals surface area contributed by atoms with Gasteiger partial charge in [-0.2, -0.15) is 0 Å². The summed E-state index contributed by atoms with van der Waals surface area (Å²) in [5.41, 5.74) is 2.10. The van der Waals surface area contributed by atoms with Crippen LogP contribution >= 0.6 is 11.6 Å². The zero-order chi connectivity index (χ0) is 28.2. The highest BCUT2D eigenvalue weighted by Crippen LogP contribution is 2.30. The van der Waals surface area contributed by atoms with Gasteiger partial charge in [0.25, 0.3) is 0 Å². The van der Waals surface area contributed by atoms with E-state index < -0.39 is 6.04 Å².